The third-order valence-electron chi connectivity index (χ3n) is 4.62. The zero-order valence-electron chi connectivity index (χ0n) is 12.4. The molecular formula is C16H19F2NO3. The second-order valence-corrected chi connectivity index (χ2v) is 6.06. The molecule has 6 heteroatoms. The molecule has 0 aromatic heterocycles. The monoisotopic (exact) mass is 311 g/mol. The molecule has 3 rings (SSSR count). The minimum Gasteiger partial charge on any atom is -0.468 e. The van der Waals surface area contributed by atoms with Crippen LogP contribution < -0.4 is 0 Å². The molecule has 1 aromatic carbocycles. The van der Waals surface area contributed by atoms with E-state index in [1.165, 1.54) is 0 Å². The summed E-state index contributed by atoms with van der Waals surface area (Å²) in [6.45, 7) is 0.358. The van der Waals surface area contributed by atoms with Crippen molar-refractivity contribution < 1.29 is 23.0 Å². The van der Waals surface area contributed by atoms with E-state index >= 15 is 0 Å². The Labute approximate surface area is 128 Å². The number of hydrogen-bond donors (Lipinski definition) is 0. The highest BCUT2D eigenvalue weighted by Crippen LogP contribution is 2.50. The summed E-state index contributed by atoms with van der Waals surface area (Å²) in [5.74, 6) is -4.98. The standard InChI is InChI=1S/C16H19F2NO3/c1-21-14(20)15-10-19(7-12-5-3-2-4-6-12)8-13(9-22-11-15)16(15,17)18/h2-6,13H,7-11H2,1H3. The predicted octanol–water partition coefficient (Wildman–Crippen LogP) is 1.94. The summed E-state index contributed by atoms with van der Waals surface area (Å²) in [4.78, 5) is 14.0. The lowest BCUT2D eigenvalue weighted by atomic mass is 9.70. The zero-order chi connectivity index (χ0) is 15.8. The molecule has 0 saturated carbocycles. The van der Waals surface area contributed by atoms with E-state index in [1.807, 2.05) is 35.2 Å². The van der Waals surface area contributed by atoms with Gasteiger partial charge in [-0.05, 0) is 5.56 Å². The smallest absolute Gasteiger partial charge is 0.321 e. The van der Waals surface area contributed by atoms with E-state index in [0.29, 0.717) is 6.54 Å². The molecule has 2 atom stereocenters. The molecular weight excluding hydrogens is 292 g/mol. The molecule has 4 nitrogen and oxygen atoms in total. The quantitative estimate of drug-likeness (QED) is 0.800. The second kappa shape index (κ2) is 5.59. The highest BCUT2D eigenvalue weighted by atomic mass is 19.3. The zero-order valence-corrected chi connectivity index (χ0v) is 12.4. The number of ether oxygens (including phenoxy) is 2. The first-order valence-electron chi connectivity index (χ1n) is 7.30. The predicted molar refractivity (Wildman–Crippen MR) is 75.4 cm³/mol. The van der Waals surface area contributed by atoms with Crippen LogP contribution in [-0.4, -0.2) is 50.2 Å². The average Bonchev–Trinajstić information content (AvgIpc) is 2.48. The van der Waals surface area contributed by atoms with E-state index in [-0.39, 0.29) is 26.3 Å². The van der Waals surface area contributed by atoms with Crippen LogP contribution in [-0.2, 0) is 20.8 Å². The number of halogens is 2. The number of fused-ring (bicyclic) bond motifs is 2. The number of carbonyl (C=O) groups is 1. The van der Waals surface area contributed by atoms with Crippen molar-refractivity contribution in [1.29, 1.82) is 0 Å². The van der Waals surface area contributed by atoms with Gasteiger partial charge in [-0.1, -0.05) is 30.3 Å². The van der Waals surface area contributed by atoms with Crippen LogP contribution in [0.15, 0.2) is 30.3 Å². The van der Waals surface area contributed by atoms with Gasteiger partial charge in [-0.3, -0.25) is 9.69 Å². The number of rotatable bonds is 3. The van der Waals surface area contributed by atoms with Crippen LogP contribution in [0, 0.1) is 11.3 Å². The number of piperidine rings is 1. The summed E-state index contributed by atoms with van der Waals surface area (Å²) in [5.41, 5.74) is -0.871. The van der Waals surface area contributed by atoms with Crippen LogP contribution in [0.2, 0.25) is 0 Å². The molecule has 2 bridgehead atoms. The number of benzene rings is 1. The van der Waals surface area contributed by atoms with Gasteiger partial charge in [0, 0.05) is 19.6 Å². The highest BCUT2D eigenvalue weighted by molar-refractivity contribution is 5.79. The number of hydrogen-bond acceptors (Lipinski definition) is 4. The highest BCUT2D eigenvalue weighted by Gasteiger charge is 2.69. The normalized spacial score (nSPS) is 30.8. The van der Waals surface area contributed by atoms with Crippen LogP contribution in [0.5, 0.6) is 0 Å². The number of likely N-dealkylation sites (tertiary alicyclic amines) is 1. The van der Waals surface area contributed by atoms with Gasteiger partial charge in [0.1, 0.15) is 0 Å². The number of nitrogens with zero attached hydrogens (tertiary/aromatic N) is 1. The lowest BCUT2D eigenvalue weighted by Crippen LogP contribution is -2.69. The van der Waals surface area contributed by atoms with Crippen molar-refractivity contribution in [3.05, 3.63) is 35.9 Å². The molecule has 2 unspecified atom stereocenters. The molecule has 2 aliphatic heterocycles. The number of alkyl halides is 2. The Morgan fingerprint density at radius 1 is 1.41 bits per heavy atom. The first kappa shape index (κ1) is 15.4. The van der Waals surface area contributed by atoms with Crippen LogP contribution >= 0.6 is 0 Å². The Kier molecular flexibility index (Phi) is 3.91. The van der Waals surface area contributed by atoms with Gasteiger partial charge in [0.2, 0.25) is 0 Å². The van der Waals surface area contributed by atoms with Gasteiger partial charge in [-0.25, -0.2) is 8.78 Å². The Hall–Kier alpha value is -1.53. The molecule has 0 amide bonds. The summed E-state index contributed by atoms with van der Waals surface area (Å²) < 4.78 is 39.4. The van der Waals surface area contributed by atoms with Gasteiger partial charge < -0.3 is 9.47 Å². The average molecular weight is 311 g/mol. The van der Waals surface area contributed by atoms with Gasteiger partial charge in [-0.2, -0.15) is 0 Å². The number of esters is 1. The second-order valence-electron chi connectivity index (χ2n) is 6.06. The van der Waals surface area contributed by atoms with Crippen LogP contribution in [0.3, 0.4) is 0 Å². The van der Waals surface area contributed by atoms with Gasteiger partial charge in [0.25, 0.3) is 5.92 Å². The fourth-order valence-corrected chi connectivity index (χ4v) is 3.46. The fourth-order valence-electron chi connectivity index (χ4n) is 3.46. The molecule has 120 valence electrons. The van der Waals surface area contributed by atoms with Crippen molar-refractivity contribution in [3.63, 3.8) is 0 Å². The van der Waals surface area contributed by atoms with Crippen molar-refractivity contribution in [2.75, 3.05) is 33.4 Å². The molecule has 0 radical (unpaired) electrons. The van der Waals surface area contributed by atoms with Gasteiger partial charge in [-0.15, -0.1) is 0 Å². The minimum absolute atomic E-state index is 0.0307. The molecule has 2 aliphatic rings. The van der Waals surface area contributed by atoms with Gasteiger partial charge in [0.05, 0.1) is 26.2 Å². The largest absolute Gasteiger partial charge is 0.468 e. The Bertz CT molecular complexity index is 552. The summed E-state index contributed by atoms with van der Waals surface area (Å²) in [7, 11) is 1.15. The summed E-state index contributed by atoms with van der Waals surface area (Å²) in [6.07, 6.45) is 0. The molecule has 0 spiro atoms. The van der Waals surface area contributed by atoms with Crippen molar-refractivity contribution in [3.8, 4) is 0 Å². The lowest BCUT2D eigenvalue weighted by Gasteiger charge is -2.52. The van der Waals surface area contributed by atoms with Crippen molar-refractivity contribution in [2.24, 2.45) is 11.3 Å². The van der Waals surface area contributed by atoms with Crippen molar-refractivity contribution in [2.45, 2.75) is 12.5 Å². The maximum absolute atomic E-state index is 14.7. The van der Waals surface area contributed by atoms with E-state index in [9.17, 15) is 13.6 Å². The molecule has 0 aliphatic carbocycles. The minimum atomic E-state index is -3.11. The van der Waals surface area contributed by atoms with Crippen LogP contribution in [0.25, 0.3) is 0 Å². The summed E-state index contributed by atoms with van der Waals surface area (Å²) in [6, 6.07) is 9.63. The number of methoxy groups -OCH3 is 1. The van der Waals surface area contributed by atoms with Gasteiger partial charge in [0.15, 0.2) is 5.41 Å². The molecule has 2 fully saturated rings. The maximum Gasteiger partial charge on any atom is 0.321 e. The molecule has 1 aromatic rings. The molecule has 2 saturated heterocycles. The Balaban J connectivity index is 1.87. The fraction of sp³-hybridized carbons (Fsp3) is 0.562. The van der Waals surface area contributed by atoms with Crippen LogP contribution in [0.1, 0.15) is 5.56 Å². The molecule has 22 heavy (non-hydrogen) atoms. The lowest BCUT2D eigenvalue weighted by molar-refractivity contribution is -0.269. The summed E-state index contributed by atoms with van der Waals surface area (Å²) >= 11 is 0. The Morgan fingerprint density at radius 3 is 2.82 bits per heavy atom. The van der Waals surface area contributed by atoms with E-state index in [2.05, 4.69) is 4.74 Å². The third-order valence-corrected chi connectivity index (χ3v) is 4.62. The van der Waals surface area contributed by atoms with E-state index in [1.54, 1.807) is 0 Å². The Morgan fingerprint density at radius 2 is 2.14 bits per heavy atom. The SMILES string of the molecule is COC(=O)C12COCC(CN(Cc3ccccc3)C1)C2(F)F. The van der Waals surface area contributed by atoms with Crippen LogP contribution in [0.4, 0.5) is 8.78 Å². The van der Waals surface area contributed by atoms with E-state index in [0.717, 1.165) is 12.7 Å². The first-order chi connectivity index (χ1) is 10.5. The summed E-state index contributed by atoms with van der Waals surface area (Å²) in [5, 5.41) is 0. The van der Waals surface area contributed by atoms with E-state index in [4.69, 9.17) is 4.74 Å². The van der Waals surface area contributed by atoms with Crippen molar-refractivity contribution >= 4 is 5.97 Å². The molecule has 2 heterocycles. The van der Waals surface area contributed by atoms with Gasteiger partial charge >= 0.3 is 5.97 Å². The van der Waals surface area contributed by atoms with E-state index < -0.39 is 23.2 Å². The first-order valence-corrected chi connectivity index (χ1v) is 7.30. The maximum atomic E-state index is 14.7. The third kappa shape index (κ3) is 2.30. The van der Waals surface area contributed by atoms with Crippen molar-refractivity contribution in [1.82, 2.24) is 4.90 Å². The molecule has 0 N–H and O–H groups in total. The number of carbonyl (C=O) groups excluding carboxylic acids is 1. The topological polar surface area (TPSA) is 38.8 Å².